The van der Waals surface area contributed by atoms with Crippen molar-refractivity contribution in [3.05, 3.63) is 28.8 Å². The molecule has 0 bridgehead atoms. The molecule has 5 N–H and O–H groups in total. The fourth-order valence-corrected chi connectivity index (χ4v) is 2.32. The number of hydrogen-bond donors (Lipinski definition) is 5. The summed E-state index contributed by atoms with van der Waals surface area (Å²) in [5.74, 6) is -1.17. The third-order valence-corrected chi connectivity index (χ3v) is 3.60. The molecule has 0 amide bonds. The number of aliphatic hydroxyl groups excluding tert-OH is 3. The summed E-state index contributed by atoms with van der Waals surface area (Å²) >= 11 is 5.83. The van der Waals surface area contributed by atoms with Crippen molar-refractivity contribution >= 4 is 23.3 Å². The highest BCUT2D eigenvalue weighted by molar-refractivity contribution is 6.31. The molecule has 116 valence electrons. The number of anilines is 1. The SMILES string of the molecule is C[C@@H]1O[C@@H](Nc2cc(Cl)ccc2C(=O)O)[C@@H](O)[C@@H](O)[C@H]1O. The van der Waals surface area contributed by atoms with Crippen LogP contribution in [0.4, 0.5) is 5.69 Å². The Kier molecular flexibility index (Phi) is 4.70. The van der Waals surface area contributed by atoms with Crippen LogP contribution in [0.15, 0.2) is 18.2 Å². The summed E-state index contributed by atoms with van der Waals surface area (Å²) < 4.78 is 5.35. The largest absolute Gasteiger partial charge is 0.478 e. The number of benzene rings is 1. The number of hydrogen-bond acceptors (Lipinski definition) is 6. The Balaban J connectivity index is 2.25. The van der Waals surface area contributed by atoms with E-state index in [4.69, 9.17) is 21.4 Å². The maximum Gasteiger partial charge on any atom is 0.337 e. The zero-order valence-corrected chi connectivity index (χ0v) is 11.9. The predicted molar refractivity (Wildman–Crippen MR) is 74.4 cm³/mol. The van der Waals surface area contributed by atoms with E-state index in [2.05, 4.69) is 5.32 Å². The summed E-state index contributed by atoms with van der Waals surface area (Å²) in [5.41, 5.74) is 0.0957. The van der Waals surface area contributed by atoms with Crippen LogP contribution in [0.2, 0.25) is 5.02 Å². The zero-order valence-electron chi connectivity index (χ0n) is 11.1. The van der Waals surface area contributed by atoms with Gasteiger partial charge in [0.25, 0.3) is 0 Å². The third-order valence-electron chi connectivity index (χ3n) is 3.36. The van der Waals surface area contributed by atoms with E-state index in [1.54, 1.807) is 0 Å². The molecule has 1 aliphatic heterocycles. The lowest BCUT2D eigenvalue weighted by molar-refractivity contribution is -0.209. The third kappa shape index (κ3) is 3.28. The molecule has 8 heteroatoms. The van der Waals surface area contributed by atoms with Crippen molar-refractivity contribution in [1.82, 2.24) is 0 Å². The van der Waals surface area contributed by atoms with Gasteiger partial charge in [0, 0.05) is 5.02 Å². The molecule has 1 saturated heterocycles. The van der Waals surface area contributed by atoms with E-state index in [9.17, 15) is 20.1 Å². The van der Waals surface area contributed by atoms with Crippen LogP contribution in [0.3, 0.4) is 0 Å². The van der Waals surface area contributed by atoms with Crippen LogP contribution in [0.25, 0.3) is 0 Å². The van der Waals surface area contributed by atoms with E-state index in [-0.39, 0.29) is 11.3 Å². The van der Waals surface area contributed by atoms with E-state index in [0.29, 0.717) is 5.02 Å². The molecule has 5 atom stereocenters. The molecule has 1 aromatic rings. The van der Waals surface area contributed by atoms with Gasteiger partial charge in [0.15, 0.2) is 6.23 Å². The van der Waals surface area contributed by atoms with Crippen LogP contribution in [0.1, 0.15) is 17.3 Å². The molecule has 1 aliphatic rings. The van der Waals surface area contributed by atoms with Crippen LogP contribution in [0, 0.1) is 0 Å². The lowest BCUT2D eigenvalue weighted by Crippen LogP contribution is -2.58. The first-order valence-corrected chi connectivity index (χ1v) is 6.68. The van der Waals surface area contributed by atoms with E-state index in [1.807, 2.05) is 0 Å². The molecule has 7 nitrogen and oxygen atoms in total. The monoisotopic (exact) mass is 317 g/mol. The molecule has 0 spiro atoms. The highest BCUT2D eigenvalue weighted by Gasteiger charge is 2.42. The summed E-state index contributed by atoms with van der Waals surface area (Å²) in [7, 11) is 0. The maximum atomic E-state index is 11.2. The molecule has 21 heavy (non-hydrogen) atoms. The fourth-order valence-electron chi connectivity index (χ4n) is 2.15. The minimum Gasteiger partial charge on any atom is -0.478 e. The maximum absolute atomic E-state index is 11.2. The number of halogens is 1. The summed E-state index contributed by atoms with van der Waals surface area (Å²) in [4.78, 5) is 11.2. The molecule has 1 aromatic carbocycles. The highest BCUT2D eigenvalue weighted by Crippen LogP contribution is 2.26. The molecule has 1 heterocycles. The Morgan fingerprint density at radius 1 is 1.24 bits per heavy atom. The Bertz CT molecular complexity index is 539. The van der Waals surface area contributed by atoms with Crippen molar-refractivity contribution in [3.8, 4) is 0 Å². The van der Waals surface area contributed by atoms with Crippen molar-refractivity contribution < 1.29 is 30.0 Å². The Morgan fingerprint density at radius 3 is 2.52 bits per heavy atom. The van der Waals surface area contributed by atoms with Gasteiger partial charge in [-0.3, -0.25) is 0 Å². The topological polar surface area (TPSA) is 119 Å². The second-order valence-corrected chi connectivity index (χ2v) is 5.31. The van der Waals surface area contributed by atoms with E-state index in [1.165, 1.54) is 25.1 Å². The first-order valence-electron chi connectivity index (χ1n) is 6.30. The van der Waals surface area contributed by atoms with Gasteiger partial charge in [-0.2, -0.15) is 0 Å². The van der Waals surface area contributed by atoms with E-state index >= 15 is 0 Å². The second-order valence-electron chi connectivity index (χ2n) is 4.87. The number of carbonyl (C=O) groups is 1. The number of aromatic carboxylic acids is 1. The van der Waals surface area contributed by atoms with Gasteiger partial charge in [0.2, 0.25) is 0 Å². The molecule has 0 saturated carbocycles. The number of ether oxygens (including phenoxy) is 1. The van der Waals surface area contributed by atoms with Gasteiger partial charge in [-0.15, -0.1) is 0 Å². The van der Waals surface area contributed by atoms with Crippen LogP contribution < -0.4 is 5.32 Å². The van der Waals surface area contributed by atoms with Gasteiger partial charge in [-0.25, -0.2) is 4.79 Å². The quantitative estimate of drug-likeness (QED) is 0.543. The molecule has 0 unspecified atom stereocenters. The van der Waals surface area contributed by atoms with Crippen molar-refractivity contribution in [2.24, 2.45) is 0 Å². The predicted octanol–water partition coefficient (Wildman–Crippen LogP) is 0.278. The minimum atomic E-state index is -1.42. The Morgan fingerprint density at radius 2 is 1.90 bits per heavy atom. The summed E-state index contributed by atoms with van der Waals surface area (Å²) in [6, 6.07) is 4.12. The molecule has 0 aliphatic carbocycles. The lowest BCUT2D eigenvalue weighted by Gasteiger charge is -2.40. The minimum absolute atomic E-state index is 0.0523. The van der Waals surface area contributed by atoms with Gasteiger partial charge >= 0.3 is 5.97 Å². The average Bonchev–Trinajstić information content (AvgIpc) is 2.42. The van der Waals surface area contributed by atoms with Crippen molar-refractivity contribution in [2.75, 3.05) is 5.32 Å². The number of aliphatic hydroxyl groups is 3. The van der Waals surface area contributed by atoms with Gasteiger partial charge in [0.05, 0.1) is 17.4 Å². The van der Waals surface area contributed by atoms with Gasteiger partial charge < -0.3 is 30.5 Å². The van der Waals surface area contributed by atoms with Gasteiger partial charge in [0.1, 0.15) is 18.3 Å². The smallest absolute Gasteiger partial charge is 0.337 e. The summed E-state index contributed by atoms with van der Waals surface area (Å²) in [6.07, 6.45) is -5.85. The number of carboxylic acids is 1. The van der Waals surface area contributed by atoms with Crippen LogP contribution in [0.5, 0.6) is 0 Å². The molecule has 1 fully saturated rings. The summed E-state index contributed by atoms with van der Waals surface area (Å²) in [5, 5.41) is 41.4. The van der Waals surface area contributed by atoms with Crippen LogP contribution in [-0.2, 0) is 4.74 Å². The fraction of sp³-hybridized carbons (Fsp3) is 0.462. The molecule has 0 aromatic heterocycles. The number of rotatable bonds is 3. The average molecular weight is 318 g/mol. The molecular formula is C13H16ClNO6. The van der Waals surface area contributed by atoms with E-state index in [0.717, 1.165) is 0 Å². The van der Waals surface area contributed by atoms with Crippen LogP contribution in [-0.4, -0.2) is 57.0 Å². The van der Waals surface area contributed by atoms with E-state index < -0.39 is 36.6 Å². The standard InChI is InChI=1S/C13H16ClNO6/c1-5-9(16)10(17)11(18)12(21-5)15-8-4-6(14)2-3-7(8)13(19)20/h2-5,9-12,15-18H,1H3,(H,19,20)/t5-,9-,10-,11-,12+/m0/s1. The van der Waals surface area contributed by atoms with Gasteiger partial charge in [-0.1, -0.05) is 11.6 Å². The molecule has 2 rings (SSSR count). The first-order chi connectivity index (χ1) is 9.81. The normalized spacial score (nSPS) is 32.7. The van der Waals surface area contributed by atoms with Crippen molar-refractivity contribution in [3.63, 3.8) is 0 Å². The lowest BCUT2D eigenvalue weighted by atomic mass is 9.99. The van der Waals surface area contributed by atoms with Gasteiger partial charge in [-0.05, 0) is 25.1 Å². The number of carboxylic acid groups (broad SMARTS) is 1. The molecular weight excluding hydrogens is 302 g/mol. The number of nitrogens with one attached hydrogen (secondary N) is 1. The highest BCUT2D eigenvalue weighted by atomic mass is 35.5. The first kappa shape index (κ1) is 16.0. The Labute approximate surface area is 125 Å². The molecule has 0 radical (unpaired) electrons. The Hall–Kier alpha value is -1.38. The summed E-state index contributed by atoms with van der Waals surface area (Å²) in [6.45, 7) is 1.53. The second kappa shape index (κ2) is 6.17. The van der Waals surface area contributed by atoms with Crippen molar-refractivity contribution in [1.29, 1.82) is 0 Å². The van der Waals surface area contributed by atoms with Crippen LogP contribution >= 0.6 is 11.6 Å². The zero-order chi connectivity index (χ0) is 15.7. The van der Waals surface area contributed by atoms with Crippen molar-refractivity contribution in [2.45, 2.75) is 37.6 Å².